The molecule has 0 aromatic carbocycles. The van der Waals surface area contributed by atoms with E-state index in [0.29, 0.717) is 5.13 Å². The zero-order chi connectivity index (χ0) is 13.5. The van der Waals surface area contributed by atoms with Crippen molar-refractivity contribution in [2.45, 2.75) is 52.5 Å². The highest BCUT2D eigenvalue weighted by Crippen LogP contribution is 2.18. The molecule has 0 bridgehead atoms. The number of halogens is 1. The van der Waals surface area contributed by atoms with Gasteiger partial charge in [0.2, 0.25) is 11.0 Å². The molecule has 3 N–H and O–H groups in total. The van der Waals surface area contributed by atoms with Gasteiger partial charge in [0.05, 0.1) is 6.04 Å². The third-order valence-electron chi connectivity index (χ3n) is 2.71. The number of carbonyl (C=O) groups is 1. The number of nitrogens with zero attached hydrogens (tertiary/aromatic N) is 2. The molecule has 1 atom stereocenters. The average molecular weight is 307 g/mol. The number of amides is 1. The fraction of sp³-hybridized carbons (Fsp3) is 0.750. The third-order valence-corrected chi connectivity index (χ3v) is 3.61. The van der Waals surface area contributed by atoms with Gasteiger partial charge in [0, 0.05) is 6.42 Å². The van der Waals surface area contributed by atoms with Gasteiger partial charge < -0.3 is 5.73 Å². The summed E-state index contributed by atoms with van der Waals surface area (Å²) in [5, 5.41) is 12.2. The highest BCUT2D eigenvalue weighted by atomic mass is 35.5. The Kier molecular flexibility index (Phi) is 8.88. The Morgan fingerprint density at radius 2 is 2.05 bits per heavy atom. The Hall–Kier alpha value is -0.720. The maximum absolute atomic E-state index is 11.7. The van der Waals surface area contributed by atoms with Crippen molar-refractivity contribution in [3.63, 3.8) is 0 Å². The second kappa shape index (κ2) is 9.23. The van der Waals surface area contributed by atoms with Crippen LogP contribution in [0.4, 0.5) is 5.13 Å². The molecule has 0 spiro atoms. The molecule has 1 heterocycles. The molecular formula is C12H23ClN4OS. The van der Waals surface area contributed by atoms with E-state index in [0.717, 1.165) is 17.8 Å². The van der Waals surface area contributed by atoms with Gasteiger partial charge in [-0.15, -0.1) is 22.6 Å². The quantitative estimate of drug-likeness (QED) is 0.759. The van der Waals surface area contributed by atoms with Gasteiger partial charge in [-0.05, 0) is 12.3 Å². The van der Waals surface area contributed by atoms with Crippen LogP contribution in [0.3, 0.4) is 0 Å². The molecule has 19 heavy (non-hydrogen) atoms. The fourth-order valence-corrected chi connectivity index (χ4v) is 2.21. The minimum absolute atomic E-state index is 0. The van der Waals surface area contributed by atoms with E-state index in [2.05, 4.69) is 22.4 Å². The monoisotopic (exact) mass is 306 g/mol. The Labute approximate surface area is 124 Å². The topological polar surface area (TPSA) is 80.9 Å². The van der Waals surface area contributed by atoms with Gasteiger partial charge in [-0.3, -0.25) is 10.1 Å². The van der Waals surface area contributed by atoms with Crippen molar-refractivity contribution in [3.8, 4) is 0 Å². The molecule has 0 unspecified atom stereocenters. The van der Waals surface area contributed by atoms with Gasteiger partial charge in [0.15, 0.2) is 0 Å². The number of hydrogen-bond donors (Lipinski definition) is 2. The average Bonchev–Trinajstić information content (AvgIpc) is 2.76. The molecular weight excluding hydrogens is 284 g/mol. The summed E-state index contributed by atoms with van der Waals surface area (Å²) in [6.45, 7) is 6.00. The molecule has 0 aliphatic carbocycles. The van der Waals surface area contributed by atoms with Crippen molar-refractivity contribution in [3.05, 3.63) is 5.01 Å². The molecule has 1 aromatic rings. The normalized spacial score (nSPS) is 12.1. The van der Waals surface area contributed by atoms with Crippen molar-refractivity contribution in [1.29, 1.82) is 0 Å². The number of anilines is 1. The second-order valence-electron chi connectivity index (χ2n) is 4.72. The Morgan fingerprint density at radius 1 is 1.37 bits per heavy atom. The molecule has 0 fully saturated rings. The molecule has 1 rings (SSSR count). The molecule has 110 valence electrons. The summed E-state index contributed by atoms with van der Waals surface area (Å²) in [5.41, 5.74) is 5.76. The van der Waals surface area contributed by atoms with Gasteiger partial charge in [0.1, 0.15) is 5.01 Å². The van der Waals surface area contributed by atoms with Gasteiger partial charge >= 0.3 is 0 Å². The van der Waals surface area contributed by atoms with E-state index in [9.17, 15) is 4.79 Å². The van der Waals surface area contributed by atoms with Gasteiger partial charge in [-0.25, -0.2) is 0 Å². The maximum atomic E-state index is 11.7. The van der Waals surface area contributed by atoms with E-state index in [1.165, 1.54) is 24.2 Å². The van der Waals surface area contributed by atoms with Gasteiger partial charge in [-0.1, -0.05) is 44.9 Å². The van der Waals surface area contributed by atoms with Gasteiger partial charge in [-0.2, -0.15) is 0 Å². The Morgan fingerprint density at radius 3 is 2.63 bits per heavy atom. The zero-order valence-corrected chi connectivity index (χ0v) is 13.3. The van der Waals surface area contributed by atoms with Crippen LogP contribution in [0.2, 0.25) is 0 Å². The van der Waals surface area contributed by atoms with Crippen LogP contribution in [0.5, 0.6) is 0 Å². The number of aryl methyl sites for hydroxylation is 1. The third kappa shape index (κ3) is 6.31. The number of hydrogen-bond acceptors (Lipinski definition) is 5. The SMILES string of the molecule is CCCCCc1nnc(NC(=O)[C@@H](N)C(C)C)s1.Cl. The highest BCUT2D eigenvalue weighted by molar-refractivity contribution is 7.15. The van der Waals surface area contributed by atoms with Crippen LogP contribution in [-0.4, -0.2) is 22.1 Å². The summed E-state index contributed by atoms with van der Waals surface area (Å²) in [5.74, 6) is -0.0804. The largest absolute Gasteiger partial charge is 0.320 e. The molecule has 0 saturated carbocycles. The van der Waals surface area contributed by atoms with Crippen molar-refractivity contribution in [1.82, 2.24) is 10.2 Å². The second-order valence-corrected chi connectivity index (χ2v) is 5.78. The lowest BCUT2D eigenvalue weighted by molar-refractivity contribution is -0.118. The molecule has 0 aliphatic rings. The van der Waals surface area contributed by atoms with E-state index in [-0.39, 0.29) is 24.2 Å². The molecule has 1 aromatic heterocycles. The van der Waals surface area contributed by atoms with Crippen molar-refractivity contribution >= 4 is 34.8 Å². The van der Waals surface area contributed by atoms with E-state index in [1.54, 1.807) is 0 Å². The first-order chi connectivity index (χ1) is 8.54. The van der Waals surface area contributed by atoms with Crippen LogP contribution in [-0.2, 0) is 11.2 Å². The first-order valence-corrected chi connectivity index (χ1v) is 7.25. The standard InChI is InChI=1S/C12H22N4OS.ClH/c1-4-5-6-7-9-15-16-12(18-9)14-11(17)10(13)8(2)3;/h8,10H,4-7,13H2,1-3H3,(H,14,16,17);1H/t10-;/m0./s1. The van der Waals surface area contributed by atoms with Crippen LogP contribution in [0.25, 0.3) is 0 Å². The van der Waals surface area contributed by atoms with E-state index >= 15 is 0 Å². The first kappa shape index (κ1) is 18.3. The Bertz CT molecular complexity index is 384. The smallest absolute Gasteiger partial charge is 0.243 e. The zero-order valence-electron chi connectivity index (χ0n) is 11.7. The highest BCUT2D eigenvalue weighted by Gasteiger charge is 2.18. The van der Waals surface area contributed by atoms with Crippen LogP contribution in [0, 0.1) is 5.92 Å². The van der Waals surface area contributed by atoms with Crippen LogP contribution < -0.4 is 11.1 Å². The summed E-state index contributed by atoms with van der Waals surface area (Å²) in [6.07, 6.45) is 4.42. The molecule has 0 radical (unpaired) electrons. The lowest BCUT2D eigenvalue weighted by Gasteiger charge is -2.13. The summed E-state index contributed by atoms with van der Waals surface area (Å²) >= 11 is 1.43. The minimum atomic E-state index is -0.502. The number of nitrogens with two attached hydrogens (primary N) is 1. The van der Waals surface area contributed by atoms with E-state index in [1.807, 2.05) is 13.8 Å². The van der Waals surface area contributed by atoms with Crippen LogP contribution >= 0.6 is 23.7 Å². The predicted octanol–water partition coefficient (Wildman–Crippen LogP) is 2.61. The minimum Gasteiger partial charge on any atom is -0.320 e. The van der Waals surface area contributed by atoms with Crippen molar-refractivity contribution in [2.24, 2.45) is 11.7 Å². The van der Waals surface area contributed by atoms with E-state index in [4.69, 9.17) is 5.73 Å². The number of nitrogens with one attached hydrogen (secondary N) is 1. The molecule has 5 nitrogen and oxygen atoms in total. The summed E-state index contributed by atoms with van der Waals surface area (Å²) in [7, 11) is 0. The summed E-state index contributed by atoms with van der Waals surface area (Å²) in [4.78, 5) is 11.7. The number of carbonyl (C=O) groups excluding carboxylic acids is 1. The number of aromatic nitrogens is 2. The van der Waals surface area contributed by atoms with Crippen LogP contribution in [0.15, 0.2) is 0 Å². The molecule has 0 saturated heterocycles. The lowest BCUT2D eigenvalue weighted by Crippen LogP contribution is -2.39. The van der Waals surface area contributed by atoms with E-state index < -0.39 is 6.04 Å². The number of rotatable bonds is 7. The fourth-order valence-electron chi connectivity index (χ4n) is 1.42. The molecule has 1 amide bonds. The maximum Gasteiger partial charge on any atom is 0.243 e. The van der Waals surface area contributed by atoms with Crippen molar-refractivity contribution in [2.75, 3.05) is 5.32 Å². The predicted molar refractivity (Wildman–Crippen MR) is 81.8 cm³/mol. The van der Waals surface area contributed by atoms with Crippen molar-refractivity contribution < 1.29 is 4.79 Å². The Balaban J connectivity index is 0.00000324. The van der Waals surface area contributed by atoms with Crippen LogP contribution in [0.1, 0.15) is 45.0 Å². The lowest BCUT2D eigenvalue weighted by atomic mass is 10.1. The first-order valence-electron chi connectivity index (χ1n) is 6.43. The summed E-state index contributed by atoms with van der Waals surface area (Å²) < 4.78 is 0. The number of unbranched alkanes of at least 4 members (excludes halogenated alkanes) is 2. The summed E-state index contributed by atoms with van der Waals surface area (Å²) in [6, 6.07) is -0.502. The van der Waals surface area contributed by atoms with Gasteiger partial charge in [0.25, 0.3) is 0 Å². The molecule has 7 heteroatoms. The molecule has 0 aliphatic heterocycles.